The molecule has 4 nitrogen and oxygen atoms in total. The van der Waals surface area contributed by atoms with Crippen LogP contribution in [0.4, 0.5) is 4.79 Å². The standard InChI is InChI=1S/C15H15BrN2O2/c1-11-7-13(14(16)17-8-11)9-18-15(19)20-10-12-5-3-2-4-6-12/h2-8H,9-10H2,1H3,(H,18,19). The third kappa shape index (κ3) is 4.35. The molecule has 0 aliphatic carbocycles. The molecule has 0 aliphatic heterocycles. The summed E-state index contributed by atoms with van der Waals surface area (Å²) in [6, 6.07) is 11.5. The number of carbonyl (C=O) groups excluding carboxylic acids is 1. The molecule has 0 unspecified atom stereocenters. The Morgan fingerprint density at radius 3 is 2.85 bits per heavy atom. The van der Waals surface area contributed by atoms with Crippen LogP contribution in [0.15, 0.2) is 47.2 Å². The predicted octanol–water partition coefficient (Wildman–Crippen LogP) is 3.58. The molecular formula is C15H15BrN2O2. The maximum atomic E-state index is 11.6. The van der Waals surface area contributed by atoms with E-state index in [2.05, 4.69) is 26.2 Å². The van der Waals surface area contributed by atoms with E-state index >= 15 is 0 Å². The van der Waals surface area contributed by atoms with Gasteiger partial charge in [-0.2, -0.15) is 0 Å². The molecule has 0 saturated heterocycles. The molecule has 104 valence electrons. The van der Waals surface area contributed by atoms with Crippen LogP contribution in [-0.2, 0) is 17.9 Å². The van der Waals surface area contributed by atoms with E-state index in [-0.39, 0.29) is 6.61 Å². The number of rotatable bonds is 4. The second-order valence-corrected chi connectivity index (χ2v) is 5.13. The number of hydrogen-bond acceptors (Lipinski definition) is 3. The quantitative estimate of drug-likeness (QED) is 0.869. The summed E-state index contributed by atoms with van der Waals surface area (Å²) in [5.41, 5.74) is 2.92. The van der Waals surface area contributed by atoms with Gasteiger partial charge in [-0.15, -0.1) is 0 Å². The summed E-state index contributed by atoms with van der Waals surface area (Å²) >= 11 is 3.35. The van der Waals surface area contributed by atoms with E-state index in [4.69, 9.17) is 4.74 Å². The van der Waals surface area contributed by atoms with E-state index in [0.29, 0.717) is 6.54 Å². The number of carbonyl (C=O) groups is 1. The number of aromatic nitrogens is 1. The van der Waals surface area contributed by atoms with Gasteiger partial charge < -0.3 is 10.1 Å². The highest BCUT2D eigenvalue weighted by atomic mass is 79.9. The Kier molecular flexibility index (Phi) is 5.12. The Labute approximate surface area is 126 Å². The van der Waals surface area contributed by atoms with Crippen LogP contribution in [0.25, 0.3) is 0 Å². The van der Waals surface area contributed by atoms with Crippen LogP contribution in [0.3, 0.4) is 0 Å². The lowest BCUT2D eigenvalue weighted by molar-refractivity contribution is 0.139. The summed E-state index contributed by atoms with van der Waals surface area (Å²) in [6.45, 7) is 2.60. The van der Waals surface area contributed by atoms with Crippen molar-refractivity contribution in [1.82, 2.24) is 10.3 Å². The fraction of sp³-hybridized carbons (Fsp3) is 0.200. The number of halogens is 1. The first-order valence-corrected chi connectivity index (χ1v) is 7.00. The highest BCUT2D eigenvalue weighted by Crippen LogP contribution is 2.14. The van der Waals surface area contributed by atoms with Crippen molar-refractivity contribution >= 4 is 22.0 Å². The maximum Gasteiger partial charge on any atom is 0.407 e. The first kappa shape index (κ1) is 14.5. The Balaban J connectivity index is 1.82. The molecule has 2 aromatic rings. The number of alkyl carbamates (subject to hydrolysis) is 1. The smallest absolute Gasteiger partial charge is 0.407 e. The fourth-order valence-corrected chi connectivity index (χ4v) is 2.04. The van der Waals surface area contributed by atoms with Crippen LogP contribution in [0.1, 0.15) is 16.7 Å². The molecule has 1 aromatic heterocycles. The molecule has 0 saturated carbocycles. The number of hydrogen-bond donors (Lipinski definition) is 1. The average molecular weight is 335 g/mol. The zero-order valence-corrected chi connectivity index (χ0v) is 12.7. The van der Waals surface area contributed by atoms with Gasteiger partial charge in [-0.05, 0) is 34.0 Å². The van der Waals surface area contributed by atoms with Gasteiger partial charge in [0.2, 0.25) is 0 Å². The lowest BCUT2D eigenvalue weighted by Crippen LogP contribution is -2.24. The minimum absolute atomic E-state index is 0.264. The Morgan fingerprint density at radius 2 is 2.10 bits per heavy atom. The van der Waals surface area contributed by atoms with Gasteiger partial charge in [0, 0.05) is 18.3 Å². The minimum atomic E-state index is -0.442. The monoisotopic (exact) mass is 334 g/mol. The molecule has 5 heteroatoms. The molecule has 0 bridgehead atoms. The van der Waals surface area contributed by atoms with Crippen molar-refractivity contribution in [3.8, 4) is 0 Å². The third-order valence-electron chi connectivity index (χ3n) is 2.68. The van der Waals surface area contributed by atoms with Gasteiger partial charge in [-0.25, -0.2) is 9.78 Å². The summed E-state index contributed by atoms with van der Waals surface area (Å²) < 4.78 is 5.86. The maximum absolute atomic E-state index is 11.6. The number of nitrogens with one attached hydrogen (secondary N) is 1. The highest BCUT2D eigenvalue weighted by Gasteiger charge is 2.06. The highest BCUT2D eigenvalue weighted by molar-refractivity contribution is 9.10. The molecule has 0 atom stereocenters. The van der Waals surface area contributed by atoms with Gasteiger partial charge in [-0.1, -0.05) is 36.4 Å². The second-order valence-electron chi connectivity index (χ2n) is 4.38. The number of ether oxygens (including phenoxy) is 1. The SMILES string of the molecule is Cc1cnc(Br)c(CNC(=O)OCc2ccccc2)c1. The molecule has 0 fully saturated rings. The van der Waals surface area contributed by atoms with Crippen molar-refractivity contribution in [3.05, 3.63) is 63.9 Å². The molecule has 1 N–H and O–H groups in total. The van der Waals surface area contributed by atoms with Crippen LogP contribution in [0.5, 0.6) is 0 Å². The second kappa shape index (κ2) is 7.05. The molecule has 0 radical (unpaired) electrons. The zero-order valence-electron chi connectivity index (χ0n) is 11.1. The van der Waals surface area contributed by atoms with Crippen LogP contribution in [-0.4, -0.2) is 11.1 Å². The largest absolute Gasteiger partial charge is 0.445 e. The molecule has 1 aromatic carbocycles. The first-order valence-electron chi connectivity index (χ1n) is 6.21. The van der Waals surface area contributed by atoms with Crippen LogP contribution >= 0.6 is 15.9 Å². The van der Waals surface area contributed by atoms with E-state index in [9.17, 15) is 4.79 Å². The lowest BCUT2D eigenvalue weighted by Gasteiger charge is -2.08. The van der Waals surface area contributed by atoms with Gasteiger partial charge in [0.25, 0.3) is 0 Å². The summed E-state index contributed by atoms with van der Waals surface area (Å²) in [7, 11) is 0. The van der Waals surface area contributed by atoms with Gasteiger partial charge in [0.05, 0.1) is 0 Å². The number of nitrogens with zero attached hydrogens (tertiary/aromatic N) is 1. The molecule has 1 heterocycles. The van der Waals surface area contributed by atoms with Gasteiger partial charge in [0.15, 0.2) is 0 Å². The zero-order chi connectivity index (χ0) is 14.4. The minimum Gasteiger partial charge on any atom is -0.445 e. The Morgan fingerprint density at radius 1 is 1.35 bits per heavy atom. The van der Waals surface area contributed by atoms with Gasteiger partial charge in [0.1, 0.15) is 11.2 Å². The summed E-state index contributed by atoms with van der Waals surface area (Å²) in [4.78, 5) is 15.8. The summed E-state index contributed by atoms with van der Waals surface area (Å²) in [5.74, 6) is 0. The molecule has 1 amide bonds. The normalized spacial score (nSPS) is 10.1. The number of pyridine rings is 1. The molecular weight excluding hydrogens is 320 g/mol. The number of amides is 1. The fourth-order valence-electron chi connectivity index (χ4n) is 1.68. The number of aryl methyl sites for hydroxylation is 1. The van der Waals surface area contributed by atoms with Crippen molar-refractivity contribution in [1.29, 1.82) is 0 Å². The molecule has 2 rings (SSSR count). The van der Waals surface area contributed by atoms with Crippen molar-refractivity contribution < 1.29 is 9.53 Å². The van der Waals surface area contributed by atoms with Crippen LogP contribution in [0, 0.1) is 6.92 Å². The van der Waals surface area contributed by atoms with Crippen molar-refractivity contribution in [2.45, 2.75) is 20.1 Å². The summed E-state index contributed by atoms with van der Waals surface area (Å²) in [6.07, 6.45) is 1.32. The van der Waals surface area contributed by atoms with E-state index in [0.717, 1.165) is 21.3 Å². The van der Waals surface area contributed by atoms with E-state index < -0.39 is 6.09 Å². The van der Waals surface area contributed by atoms with Gasteiger partial charge in [-0.3, -0.25) is 0 Å². The molecule has 20 heavy (non-hydrogen) atoms. The van der Waals surface area contributed by atoms with Crippen LogP contribution in [0.2, 0.25) is 0 Å². The van der Waals surface area contributed by atoms with Crippen molar-refractivity contribution in [2.75, 3.05) is 0 Å². The van der Waals surface area contributed by atoms with Crippen molar-refractivity contribution in [3.63, 3.8) is 0 Å². The summed E-state index contributed by atoms with van der Waals surface area (Å²) in [5, 5.41) is 2.71. The average Bonchev–Trinajstić information content (AvgIpc) is 2.47. The molecule has 0 aliphatic rings. The lowest BCUT2D eigenvalue weighted by atomic mass is 10.2. The number of benzene rings is 1. The third-order valence-corrected chi connectivity index (χ3v) is 3.40. The van der Waals surface area contributed by atoms with Crippen LogP contribution < -0.4 is 5.32 Å². The Bertz CT molecular complexity index is 588. The van der Waals surface area contributed by atoms with E-state index in [1.807, 2.05) is 43.3 Å². The molecule has 0 spiro atoms. The van der Waals surface area contributed by atoms with Crippen molar-refractivity contribution in [2.24, 2.45) is 0 Å². The first-order chi connectivity index (χ1) is 9.65. The Hall–Kier alpha value is -1.88. The predicted molar refractivity (Wildman–Crippen MR) is 80.1 cm³/mol. The van der Waals surface area contributed by atoms with Gasteiger partial charge >= 0.3 is 6.09 Å². The van der Waals surface area contributed by atoms with E-state index in [1.165, 1.54) is 0 Å². The topological polar surface area (TPSA) is 51.2 Å². The van der Waals surface area contributed by atoms with E-state index in [1.54, 1.807) is 6.20 Å².